The lowest BCUT2D eigenvalue weighted by atomic mass is 10.2. The first-order valence-electron chi connectivity index (χ1n) is 10.4. The Hall–Kier alpha value is -3.48. The molecule has 0 aliphatic carbocycles. The van der Waals surface area contributed by atoms with Gasteiger partial charge in [-0.25, -0.2) is 24.0 Å². The van der Waals surface area contributed by atoms with Crippen molar-refractivity contribution in [3.05, 3.63) is 54.0 Å². The van der Waals surface area contributed by atoms with Crippen molar-refractivity contribution in [1.82, 2.24) is 29.0 Å². The average Bonchev–Trinajstić information content (AvgIpc) is 3.47. The van der Waals surface area contributed by atoms with Crippen LogP contribution in [0.2, 0.25) is 0 Å². The highest BCUT2D eigenvalue weighted by Crippen LogP contribution is 2.31. The second-order valence-corrected chi connectivity index (χ2v) is 8.87. The van der Waals surface area contributed by atoms with E-state index in [9.17, 15) is 8.94 Å². The molecule has 33 heavy (non-hydrogen) atoms. The molecule has 1 aliphatic rings. The van der Waals surface area contributed by atoms with Gasteiger partial charge in [0.1, 0.15) is 11.5 Å². The topological polar surface area (TPSA) is 147 Å². The zero-order chi connectivity index (χ0) is 22.9. The number of hydrogen-bond donors (Lipinski definition) is 3. The first kappa shape index (κ1) is 21.4. The molecular weight excluding hydrogens is 445 g/mol. The fraction of sp³-hybridized carbons (Fsp3) is 0.238. The van der Waals surface area contributed by atoms with Crippen LogP contribution in [0.3, 0.4) is 0 Å². The molecular formula is C21H22FN9OS. The van der Waals surface area contributed by atoms with E-state index in [4.69, 9.17) is 11.5 Å². The zero-order valence-corrected chi connectivity index (χ0v) is 18.4. The molecule has 0 radical (unpaired) electrons. The maximum atomic E-state index is 14.2. The molecule has 5 N–H and O–H groups in total. The Bertz CT molecular complexity index is 1290. The van der Waals surface area contributed by atoms with Crippen LogP contribution in [0.4, 0.5) is 21.7 Å². The summed E-state index contributed by atoms with van der Waals surface area (Å²) in [6, 6.07) is 10.1. The zero-order valence-electron chi connectivity index (χ0n) is 17.6. The molecule has 1 fully saturated rings. The van der Waals surface area contributed by atoms with Gasteiger partial charge in [0.15, 0.2) is 40.3 Å². The molecule has 1 unspecified atom stereocenters. The number of nitrogens with zero attached hydrogens (tertiary/aromatic N) is 6. The summed E-state index contributed by atoms with van der Waals surface area (Å²) in [5.41, 5.74) is 14.0. The van der Waals surface area contributed by atoms with E-state index in [-0.39, 0.29) is 35.5 Å². The third-order valence-corrected chi connectivity index (χ3v) is 6.66. The summed E-state index contributed by atoms with van der Waals surface area (Å²) in [7, 11) is 0. The molecule has 1 aromatic carbocycles. The standard InChI is InChI=1S/C21H22FN9OS/c22-15-8-2-1-6-13(15)12-31-21-14(7-5-9-25-21)16(28-31)20-26-18(23)17(19(24)27-20)29-33(32)30-10-3-4-11-30/h1-2,5-9,29H,3-4,10-12H2,(H4,23,24,26,27). The van der Waals surface area contributed by atoms with Gasteiger partial charge in [-0.2, -0.15) is 9.82 Å². The summed E-state index contributed by atoms with van der Waals surface area (Å²) in [6.07, 6.45) is 3.62. The lowest BCUT2D eigenvalue weighted by Gasteiger charge is -2.20. The minimum absolute atomic E-state index is 0.0609. The van der Waals surface area contributed by atoms with Gasteiger partial charge in [-0.1, -0.05) is 18.2 Å². The lowest BCUT2D eigenvalue weighted by Crippen LogP contribution is -2.34. The van der Waals surface area contributed by atoms with Gasteiger partial charge in [0.2, 0.25) is 0 Å². The van der Waals surface area contributed by atoms with Crippen molar-refractivity contribution in [2.24, 2.45) is 0 Å². The molecule has 4 heterocycles. The van der Waals surface area contributed by atoms with Gasteiger partial charge in [0.25, 0.3) is 0 Å². The Labute approximate surface area is 192 Å². The van der Waals surface area contributed by atoms with Crippen LogP contribution < -0.4 is 16.2 Å². The van der Waals surface area contributed by atoms with Crippen LogP contribution in [0.25, 0.3) is 22.6 Å². The van der Waals surface area contributed by atoms with Crippen molar-refractivity contribution in [2.75, 3.05) is 29.3 Å². The maximum absolute atomic E-state index is 14.2. The first-order chi connectivity index (χ1) is 16.0. The second-order valence-electron chi connectivity index (χ2n) is 7.65. The van der Waals surface area contributed by atoms with Crippen LogP contribution in [-0.4, -0.2) is 46.7 Å². The molecule has 0 saturated carbocycles. The highest BCUT2D eigenvalue weighted by Gasteiger charge is 2.27. The van der Waals surface area contributed by atoms with E-state index in [0.29, 0.717) is 22.3 Å². The fourth-order valence-corrected chi connectivity index (χ4v) is 4.89. The number of hydrogen-bond acceptors (Lipinski definition) is 9. The third-order valence-electron chi connectivity index (χ3n) is 5.45. The van der Waals surface area contributed by atoms with E-state index < -0.39 is 11.5 Å². The molecule has 5 rings (SSSR count). The number of fused-ring (bicyclic) bond motifs is 1. The fourth-order valence-electron chi connectivity index (χ4n) is 3.79. The van der Waals surface area contributed by atoms with Crippen molar-refractivity contribution in [3.8, 4) is 11.5 Å². The normalized spacial score (nSPS) is 15.2. The molecule has 3 aromatic heterocycles. The Morgan fingerprint density at radius 1 is 1.06 bits per heavy atom. The van der Waals surface area contributed by atoms with Gasteiger partial charge < -0.3 is 16.0 Å². The quantitative estimate of drug-likeness (QED) is 0.363. The Balaban J connectivity index is 1.51. The number of nitrogens with two attached hydrogens (primary N) is 2. The summed E-state index contributed by atoms with van der Waals surface area (Å²) in [5.74, 6) is -0.00549. The van der Waals surface area contributed by atoms with Crippen molar-refractivity contribution < 1.29 is 8.94 Å². The van der Waals surface area contributed by atoms with Crippen LogP contribution in [0.1, 0.15) is 18.4 Å². The summed E-state index contributed by atoms with van der Waals surface area (Å²) < 4.78 is 33.0. The lowest BCUT2D eigenvalue weighted by molar-refractivity contribution is 0.482. The van der Waals surface area contributed by atoms with Crippen molar-refractivity contribution >= 4 is 39.9 Å². The van der Waals surface area contributed by atoms with E-state index >= 15 is 0 Å². The van der Waals surface area contributed by atoms with Crippen molar-refractivity contribution in [1.29, 1.82) is 0 Å². The van der Waals surface area contributed by atoms with E-state index in [0.717, 1.165) is 25.9 Å². The second kappa shape index (κ2) is 8.81. The van der Waals surface area contributed by atoms with Crippen LogP contribution in [0.15, 0.2) is 42.6 Å². The predicted molar refractivity (Wildman–Crippen MR) is 125 cm³/mol. The Morgan fingerprint density at radius 2 is 1.79 bits per heavy atom. The van der Waals surface area contributed by atoms with Crippen LogP contribution in [0.5, 0.6) is 0 Å². The highest BCUT2D eigenvalue weighted by molar-refractivity contribution is 7.90. The molecule has 1 aliphatic heterocycles. The third kappa shape index (κ3) is 4.15. The molecule has 0 bridgehead atoms. The minimum atomic E-state index is -1.48. The Morgan fingerprint density at radius 3 is 2.52 bits per heavy atom. The number of anilines is 3. The largest absolute Gasteiger partial charge is 0.573 e. The molecule has 1 saturated heterocycles. The number of halogens is 1. The summed E-state index contributed by atoms with van der Waals surface area (Å²) in [5, 5.41) is 5.27. The monoisotopic (exact) mass is 467 g/mol. The van der Waals surface area contributed by atoms with Crippen molar-refractivity contribution in [3.63, 3.8) is 0 Å². The smallest absolute Gasteiger partial charge is 0.184 e. The SMILES string of the molecule is Nc1nc(-c2nn(Cc3ccccc3F)c3ncccc23)nc(N)c1N[S+]([O-])N1CCCC1. The van der Waals surface area contributed by atoms with Gasteiger partial charge in [0.05, 0.1) is 11.9 Å². The van der Waals surface area contributed by atoms with Crippen LogP contribution in [-0.2, 0) is 18.1 Å². The van der Waals surface area contributed by atoms with Gasteiger partial charge >= 0.3 is 0 Å². The van der Waals surface area contributed by atoms with Crippen molar-refractivity contribution in [2.45, 2.75) is 19.4 Å². The van der Waals surface area contributed by atoms with E-state index in [1.165, 1.54) is 6.07 Å². The maximum Gasteiger partial charge on any atom is 0.184 e. The average molecular weight is 468 g/mol. The van der Waals surface area contributed by atoms with Gasteiger partial charge in [-0.3, -0.25) is 0 Å². The van der Waals surface area contributed by atoms with Crippen LogP contribution in [0, 0.1) is 5.82 Å². The number of nitrogen functional groups attached to an aromatic ring is 2. The number of nitrogens with one attached hydrogen (secondary N) is 1. The molecule has 1 atom stereocenters. The predicted octanol–water partition coefficient (Wildman–Crippen LogP) is 2.33. The van der Waals surface area contributed by atoms with Gasteiger partial charge in [0, 0.05) is 24.8 Å². The highest BCUT2D eigenvalue weighted by atomic mass is 32.2. The summed E-state index contributed by atoms with van der Waals surface area (Å²) in [4.78, 5) is 13.1. The minimum Gasteiger partial charge on any atom is -0.573 e. The van der Waals surface area contributed by atoms with Gasteiger partial charge in [-0.05, 0) is 31.0 Å². The molecule has 12 heteroatoms. The number of aromatic nitrogens is 5. The van der Waals surface area contributed by atoms with E-state index in [1.807, 2.05) is 6.07 Å². The molecule has 10 nitrogen and oxygen atoms in total. The number of benzene rings is 1. The Kier molecular flexibility index (Phi) is 5.70. The molecule has 0 spiro atoms. The molecule has 4 aromatic rings. The number of rotatable bonds is 6. The molecule has 0 amide bonds. The summed E-state index contributed by atoms with van der Waals surface area (Å²) >= 11 is -1.48. The van der Waals surface area contributed by atoms with E-state index in [2.05, 4.69) is 24.8 Å². The van der Waals surface area contributed by atoms with Crippen LogP contribution >= 0.6 is 0 Å². The summed E-state index contributed by atoms with van der Waals surface area (Å²) in [6.45, 7) is 1.65. The number of pyridine rings is 1. The van der Waals surface area contributed by atoms with Gasteiger partial charge in [-0.15, -0.1) is 4.31 Å². The van der Waals surface area contributed by atoms with E-state index in [1.54, 1.807) is 39.4 Å². The molecule has 170 valence electrons. The first-order valence-corrected chi connectivity index (χ1v) is 11.5.